The molecule has 1 aromatic carbocycles. The Morgan fingerprint density at radius 2 is 1.93 bits per heavy atom. The summed E-state index contributed by atoms with van der Waals surface area (Å²) >= 11 is 9.35. The molecule has 1 saturated carbocycles. The second kappa shape index (κ2) is 8.88. The third-order valence-electron chi connectivity index (χ3n) is 5.58. The summed E-state index contributed by atoms with van der Waals surface area (Å²) < 4.78 is 42.2. The minimum absolute atomic E-state index is 0.0592. The Kier molecular flexibility index (Phi) is 6.41. The number of carbonyl (C=O) groups is 1. The molecule has 10 heteroatoms. The Hall–Kier alpha value is -1.58. The number of piperazine rings is 1. The highest BCUT2D eigenvalue weighted by molar-refractivity contribution is 9.10. The zero-order valence-electron chi connectivity index (χ0n) is 16.1. The van der Waals surface area contributed by atoms with Crippen LogP contribution < -0.4 is 0 Å². The summed E-state index contributed by atoms with van der Waals surface area (Å²) in [6.07, 6.45) is -0.862. The van der Waals surface area contributed by atoms with Crippen molar-refractivity contribution in [2.75, 3.05) is 26.2 Å². The number of amides is 1. The average Bonchev–Trinajstić information content (AvgIpc) is 3.49. The van der Waals surface area contributed by atoms with E-state index in [1.165, 1.54) is 10.7 Å². The van der Waals surface area contributed by atoms with Crippen molar-refractivity contribution < 1.29 is 18.0 Å². The van der Waals surface area contributed by atoms with Crippen molar-refractivity contribution >= 4 is 33.4 Å². The predicted octanol–water partition coefficient (Wildman–Crippen LogP) is 4.60. The summed E-state index contributed by atoms with van der Waals surface area (Å²) in [4.78, 5) is 16.5. The third kappa shape index (κ3) is 4.53. The number of alkyl halides is 2. The molecule has 2 aromatic rings. The molecule has 1 aliphatic carbocycles. The molecule has 0 bridgehead atoms. The van der Waals surface area contributed by atoms with E-state index in [0.29, 0.717) is 53.5 Å². The lowest BCUT2D eigenvalue weighted by Gasteiger charge is -2.35. The van der Waals surface area contributed by atoms with E-state index in [0.717, 1.165) is 12.8 Å². The van der Waals surface area contributed by atoms with E-state index in [4.69, 9.17) is 11.6 Å². The van der Waals surface area contributed by atoms with Crippen LogP contribution in [-0.2, 0) is 17.9 Å². The first kappa shape index (κ1) is 21.6. The molecule has 1 amide bonds. The molecule has 1 saturated heterocycles. The van der Waals surface area contributed by atoms with Crippen molar-refractivity contribution in [3.63, 3.8) is 0 Å². The third-order valence-corrected chi connectivity index (χ3v) is 6.75. The lowest BCUT2D eigenvalue weighted by atomic mass is 10.2. The zero-order chi connectivity index (χ0) is 21.4. The van der Waals surface area contributed by atoms with Gasteiger partial charge in [0, 0.05) is 49.2 Å². The van der Waals surface area contributed by atoms with Gasteiger partial charge in [-0.3, -0.25) is 14.4 Å². The number of nitrogens with zero attached hydrogens (tertiary/aromatic N) is 4. The Labute approximate surface area is 185 Å². The van der Waals surface area contributed by atoms with Crippen LogP contribution in [0, 0.1) is 5.82 Å². The number of aromatic nitrogens is 2. The van der Waals surface area contributed by atoms with E-state index in [2.05, 4.69) is 21.0 Å². The Bertz CT molecular complexity index is 922. The van der Waals surface area contributed by atoms with Crippen molar-refractivity contribution in [3.05, 3.63) is 50.5 Å². The monoisotopic (exact) mass is 504 g/mol. The van der Waals surface area contributed by atoms with Crippen LogP contribution in [0.3, 0.4) is 0 Å². The van der Waals surface area contributed by atoms with E-state index >= 15 is 0 Å². The van der Waals surface area contributed by atoms with Gasteiger partial charge in [0.2, 0.25) is 5.91 Å². The smallest absolute Gasteiger partial charge is 0.283 e. The summed E-state index contributed by atoms with van der Waals surface area (Å²) in [5, 5.41) is 4.39. The highest BCUT2D eigenvalue weighted by Gasteiger charge is 2.34. The number of hydrogen-bond donors (Lipinski definition) is 0. The predicted molar refractivity (Wildman–Crippen MR) is 110 cm³/mol. The van der Waals surface area contributed by atoms with Gasteiger partial charge in [0.1, 0.15) is 18.1 Å². The fraction of sp³-hybridized carbons (Fsp3) is 0.500. The van der Waals surface area contributed by atoms with Crippen LogP contribution in [-0.4, -0.2) is 51.7 Å². The second-order valence-corrected chi connectivity index (χ2v) is 8.87. The van der Waals surface area contributed by atoms with Gasteiger partial charge in [-0.2, -0.15) is 5.10 Å². The quantitative estimate of drug-likeness (QED) is 0.576. The molecule has 1 aliphatic heterocycles. The van der Waals surface area contributed by atoms with Crippen LogP contribution in [0.25, 0.3) is 0 Å². The fourth-order valence-corrected chi connectivity index (χ4v) is 4.77. The maximum absolute atomic E-state index is 14.0. The van der Waals surface area contributed by atoms with Gasteiger partial charge >= 0.3 is 0 Å². The fourth-order valence-electron chi connectivity index (χ4n) is 3.77. The summed E-state index contributed by atoms with van der Waals surface area (Å²) in [6, 6.07) is 4.61. The van der Waals surface area contributed by atoms with Gasteiger partial charge in [-0.05, 0) is 40.9 Å². The minimum Gasteiger partial charge on any atom is -0.339 e. The van der Waals surface area contributed by atoms with Gasteiger partial charge in [0.25, 0.3) is 6.43 Å². The number of rotatable bonds is 6. The minimum atomic E-state index is -2.69. The van der Waals surface area contributed by atoms with Crippen LogP contribution in [0.4, 0.5) is 13.2 Å². The average molecular weight is 506 g/mol. The Balaban J connectivity index is 1.38. The highest BCUT2D eigenvalue weighted by Crippen LogP contribution is 2.45. The van der Waals surface area contributed by atoms with Crippen LogP contribution in [0.2, 0.25) is 5.02 Å². The number of benzene rings is 1. The van der Waals surface area contributed by atoms with Crippen LogP contribution in [0.15, 0.2) is 22.7 Å². The van der Waals surface area contributed by atoms with Gasteiger partial charge in [0.15, 0.2) is 0 Å². The second-order valence-electron chi connectivity index (χ2n) is 7.67. The molecule has 0 spiro atoms. The summed E-state index contributed by atoms with van der Waals surface area (Å²) in [5.74, 6) is -0.321. The van der Waals surface area contributed by atoms with Gasteiger partial charge in [0.05, 0.1) is 10.2 Å². The van der Waals surface area contributed by atoms with Crippen LogP contribution >= 0.6 is 27.5 Å². The van der Waals surface area contributed by atoms with Crippen molar-refractivity contribution in [1.29, 1.82) is 0 Å². The number of hydrogen-bond acceptors (Lipinski definition) is 3. The molecule has 162 valence electrons. The zero-order valence-corrected chi connectivity index (χ0v) is 18.5. The Morgan fingerprint density at radius 1 is 1.23 bits per heavy atom. The van der Waals surface area contributed by atoms with E-state index in [1.807, 2.05) is 4.90 Å². The molecule has 4 rings (SSSR count). The highest BCUT2D eigenvalue weighted by atomic mass is 79.9. The summed E-state index contributed by atoms with van der Waals surface area (Å²) in [6.45, 7) is 2.44. The molecule has 2 heterocycles. The van der Waals surface area contributed by atoms with Gasteiger partial charge in [-0.25, -0.2) is 13.2 Å². The maximum Gasteiger partial charge on any atom is 0.283 e. The molecule has 30 heavy (non-hydrogen) atoms. The number of halogens is 5. The van der Waals surface area contributed by atoms with Crippen molar-refractivity contribution in [2.45, 2.75) is 38.3 Å². The van der Waals surface area contributed by atoms with Crippen molar-refractivity contribution in [1.82, 2.24) is 19.6 Å². The first-order valence-electron chi connectivity index (χ1n) is 9.82. The molecule has 0 radical (unpaired) electrons. The molecule has 0 unspecified atom stereocenters. The molecular weight excluding hydrogens is 485 g/mol. The van der Waals surface area contributed by atoms with Crippen molar-refractivity contribution in [2.24, 2.45) is 0 Å². The molecular formula is C20H21BrClF3N4O. The standard InChI is InChI=1S/C20H21BrClF3N4O/c21-17-18(20(24)25)26-29(19(17)12-4-5-12)11-16(30)28-8-6-27(7-9-28)10-13-14(22)2-1-3-15(13)23/h1-3,12,20H,4-11H2. The van der Waals surface area contributed by atoms with Gasteiger partial charge < -0.3 is 4.90 Å². The molecule has 2 aliphatic rings. The maximum atomic E-state index is 14.0. The lowest BCUT2D eigenvalue weighted by Crippen LogP contribution is -2.49. The van der Waals surface area contributed by atoms with E-state index in [9.17, 15) is 18.0 Å². The normalized spacial score (nSPS) is 17.7. The largest absolute Gasteiger partial charge is 0.339 e. The first-order chi connectivity index (χ1) is 14.3. The Morgan fingerprint density at radius 3 is 2.53 bits per heavy atom. The SMILES string of the molecule is O=C(Cn1nc(C(F)F)c(Br)c1C1CC1)N1CCN(Cc2c(F)cccc2Cl)CC1. The topological polar surface area (TPSA) is 41.4 Å². The van der Waals surface area contributed by atoms with E-state index < -0.39 is 6.43 Å². The van der Waals surface area contributed by atoms with E-state index in [-0.39, 0.29) is 29.9 Å². The summed E-state index contributed by atoms with van der Waals surface area (Å²) in [5.41, 5.74) is 0.830. The lowest BCUT2D eigenvalue weighted by molar-refractivity contribution is -0.133. The first-order valence-corrected chi connectivity index (χ1v) is 11.0. The van der Waals surface area contributed by atoms with E-state index in [1.54, 1.807) is 17.0 Å². The van der Waals surface area contributed by atoms with Crippen LogP contribution in [0.5, 0.6) is 0 Å². The van der Waals surface area contributed by atoms with Crippen molar-refractivity contribution in [3.8, 4) is 0 Å². The van der Waals surface area contributed by atoms with Gasteiger partial charge in [-0.1, -0.05) is 17.7 Å². The van der Waals surface area contributed by atoms with Crippen LogP contribution in [0.1, 0.15) is 42.1 Å². The number of carbonyl (C=O) groups excluding carboxylic acids is 1. The van der Waals surface area contributed by atoms with Gasteiger partial charge in [-0.15, -0.1) is 0 Å². The molecule has 0 N–H and O–H groups in total. The summed E-state index contributed by atoms with van der Waals surface area (Å²) in [7, 11) is 0. The molecule has 2 fully saturated rings. The molecule has 1 aromatic heterocycles. The molecule has 5 nitrogen and oxygen atoms in total. The molecule has 0 atom stereocenters.